The minimum absolute atomic E-state index is 0. The van der Waals surface area contributed by atoms with Crippen LogP contribution in [-0.4, -0.2) is 25.1 Å². The van der Waals surface area contributed by atoms with E-state index in [1.54, 1.807) is 5.56 Å². The summed E-state index contributed by atoms with van der Waals surface area (Å²) in [6, 6.07) is 8.98. The van der Waals surface area contributed by atoms with Gasteiger partial charge in [-0.1, -0.05) is 102 Å². The lowest BCUT2D eigenvalue weighted by molar-refractivity contribution is -0.903. The molecular formula is C25H46ClN. The quantitative estimate of drug-likeness (QED) is 0.285. The average molecular weight is 396 g/mol. The summed E-state index contributed by atoms with van der Waals surface area (Å²) in [6.45, 7) is 7.03. The second-order valence-corrected chi connectivity index (χ2v) is 8.83. The number of benzene rings is 1. The summed E-state index contributed by atoms with van der Waals surface area (Å²) in [4.78, 5) is 0. The van der Waals surface area contributed by atoms with E-state index >= 15 is 0 Å². The lowest BCUT2D eigenvalue weighted by atomic mass is 10.0. The predicted octanol–water partition coefficient (Wildman–Crippen LogP) is 4.53. The van der Waals surface area contributed by atoms with Crippen LogP contribution in [0.4, 0.5) is 0 Å². The van der Waals surface area contributed by atoms with Crippen molar-refractivity contribution in [3.63, 3.8) is 0 Å². The van der Waals surface area contributed by atoms with Crippen LogP contribution in [0.2, 0.25) is 0 Å². The summed E-state index contributed by atoms with van der Waals surface area (Å²) in [7, 11) is 4.79. The summed E-state index contributed by atoms with van der Waals surface area (Å²) < 4.78 is 1.12. The Morgan fingerprint density at radius 3 is 1.56 bits per heavy atom. The third kappa shape index (κ3) is 13.3. The molecule has 0 saturated carbocycles. The van der Waals surface area contributed by atoms with Crippen molar-refractivity contribution in [3.05, 3.63) is 35.4 Å². The molecule has 2 heteroatoms. The van der Waals surface area contributed by atoms with E-state index in [1.807, 2.05) is 0 Å². The third-order valence-corrected chi connectivity index (χ3v) is 5.71. The van der Waals surface area contributed by atoms with Crippen molar-refractivity contribution < 1.29 is 16.9 Å². The van der Waals surface area contributed by atoms with E-state index < -0.39 is 0 Å². The number of hydrogen-bond acceptors (Lipinski definition) is 0. The largest absolute Gasteiger partial charge is 1.00 e. The zero-order valence-corrected chi connectivity index (χ0v) is 19.5. The van der Waals surface area contributed by atoms with Crippen LogP contribution in [0.1, 0.15) is 102 Å². The van der Waals surface area contributed by atoms with Gasteiger partial charge in [-0.25, -0.2) is 0 Å². The molecule has 1 nitrogen and oxygen atoms in total. The maximum Gasteiger partial charge on any atom is 0.104 e. The van der Waals surface area contributed by atoms with Gasteiger partial charge in [-0.05, 0) is 24.8 Å². The smallest absolute Gasteiger partial charge is 0.104 e. The van der Waals surface area contributed by atoms with Gasteiger partial charge in [-0.2, -0.15) is 0 Å². The van der Waals surface area contributed by atoms with E-state index in [9.17, 15) is 0 Å². The molecule has 0 aliphatic heterocycles. The van der Waals surface area contributed by atoms with Crippen LogP contribution in [0.15, 0.2) is 24.3 Å². The highest BCUT2D eigenvalue weighted by Crippen LogP contribution is 2.17. The highest BCUT2D eigenvalue weighted by molar-refractivity contribution is 5.26. The van der Waals surface area contributed by atoms with Crippen molar-refractivity contribution in [2.24, 2.45) is 0 Å². The summed E-state index contributed by atoms with van der Waals surface area (Å²) >= 11 is 0. The number of nitrogens with zero attached hydrogens (tertiary/aromatic N) is 1. The maximum absolute atomic E-state index is 2.39. The monoisotopic (exact) mass is 395 g/mol. The second kappa shape index (κ2) is 16.4. The number of hydrogen-bond donors (Lipinski definition) is 0. The molecule has 1 aromatic carbocycles. The van der Waals surface area contributed by atoms with Crippen molar-refractivity contribution in [2.75, 3.05) is 20.6 Å². The molecule has 1 rings (SSSR count). The van der Waals surface area contributed by atoms with Crippen molar-refractivity contribution in [3.8, 4) is 0 Å². The number of unbranched alkanes of at least 4 members (excludes halogenated alkanes) is 11. The molecule has 0 aliphatic rings. The van der Waals surface area contributed by atoms with Gasteiger partial charge in [0.25, 0.3) is 0 Å². The lowest BCUT2D eigenvalue weighted by Gasteiger charge is -2.30. The molecule has 0 saturated heterocycles. The molecule has 0 N–H and O–H groups in total. The number of rotatable bonds is 16. The van der Waals surface area contributed by atoms with E-state index in [0.717, 1.165) is 10.9 Å². The Hall–Kier alpha value is -0.530. The van der Waals surface area contributed by atoms with Gasteiger partial charge < -0.3 is 16.9 Å². The van der Waals surface area contributed by atoms with Gasteiger partial charge in [0.2, 0.25) is 0 Å². The molecular weight excluding hydrogens is 350 g/mol. The molecule has 0 heterocycles. The minimum atomic E-state index is 0. The highest BCUT2D eigenvalue weighted by atomic mass is 35.5. The molecule has 0 amide bonds. The molecule has 0 spiro atoms. The molecule has 0 radical (unpaired) electrons. The van der Waals surface area contributed by atoms with Crippen LogP contribution in [-0.2, 0) is 13.0 Å². The van der Waals surface area contributed by atoms with Crippen molar-refractivity contribution in [2.45, 2.75) is 104 Å². The number of aryl methyl sites for hydroxylation is 1. The fraction of sp³-hybridized carbons (Fsp3) is 0.760. The zero-order valence-electron chi connectivity index (χ0n) is 18.7. The Morgan fingerprint density at radius 1 is 0.630 bits per heavy atom. The molecule has 0 bridgehead atoms. The topological polar surface area (TPSA) is 0 Å². The predicted molar refractivity (Wildman–Crippen MR) is 118 cm³/mol. The van der Waals surface area contributed by atoms with E-state index in [0.29, 0.717) is 0 Å². The van der Waals surface area contributed by atoms with Gasteiger partial charge in [0.15, 0.2) is 0 Å². The first-order valence-corrected chi connectivity index (χ1v) is 11.5. The molecule has 158 valence electrons. The fourth-order valence-corrected chi connectivity index (χ4v) is 3.98. The van der Waals surface area contributed by atoms with E-state index in [-0.39, 0.29) is 12.4 Å². The van der Waals surface area contributed by atoms with Crippen molar-refractivity contribution in [1.82, 2.24) is 0 Å². The normalized spacial score (nSPS) is 11.4. The zero-order chi connectivity index (χ0) is 19.1. The van der Waals surface area contributed by atoms with E-state index in [4.69, 9.17) is 0 Å². The first-order chi connectivity index (χ1) is 12.6. The molecule has 0 fully saturated rings. The van der Waals surface area contributed by atoms with Gasteiger partial charge >= 0.3 is 0 Å². The summed E-state index contributed by atoms with van der Waals surface area (Å²) in [5.41, 5.74) is 3.06. The van der Waals surface area contributed by atoms with Crippen LogP contribution in [0.5, 0.6) is 0 Å². The number of halogens is 1. The van der Waals surface area contributed by atoms with Crippen LogP contribution < -0.4 is 12.4 Å². The van der Waals surface area contributed by atoms with Gasteiger partial charge in [0.05, 0.1) is 20.6 Å². The molecule has 0 atom stereocenters. The molecule has 0 aromatic heterocycles. The van der Waals surface area contributed by atoms with Gasteiger partial charge in [0.1, 0.15) is 6.54 Å². The Morgan fingerprint density at radius 2 is 1.07 bits per heavy atom. The molecule has 0 aliphatic carbocycles. The molecule has 27 heavy (non-hydrogen) atoms. The summed E-state index contributed by atoms with van der Waals surface area (Å²) in [6.07, 6.45) is 18.4. The van der Waals surface area contributed by atoms with Crippen LogP contribution in [0.25, 0.3) is 0 Å². The standard InChI is InChI=1S/C25H46N.ClH/c1-5-7-8-9-10-11-12-13-14-15-16-19-22-26(3,4)23-25-21-18-17-20-24(25)6-2;/h17-18,20-21H,5-16,19,22-23H2,1-4H3;1H/q+1;/p-1. The minimum Gasteiger partial charge on any atom is -1.00 e. The van der Waals surface area contributed by atoms with Crippen LogP contribution >= 0.6 is 0 Å². The second-order valence-electron chi connectivity index (χ2n) is 8.83. The van der Waals surface area contributed by atoms with Crippen molar-refractivity contribution >= 4 is 0 Å². The van der Waals surface area contributed by atoms with Crippen LogP contribution in [0, 0.1) is 0 Å². The average Bonchev–Trinajstić information content (AvgIpc) is 2.62. The van der Waals surface area contributed by atoms with Gasteiger partial charge in [-0.3, -0.25) is 0 Å². The Labute approximate surface area is 176 Å². The Kier molecular flexibility index (Phi) is 16.1. The van der Waals surface area contributed by atoms with Gasteiger partial charge in [0, 0.05) is 5.56 Å². The Bertz CT molecular complexity index is 455. The van der Waals surface area contributed by atoms with Crippen molar-refractivity contribution in [1.29, 1.82) is 0 Å². The van der Waals surface area contributed by atoms with Gasteiger partial charge in [-0.15, -0.1) is 0 Å². The highest BCUT2D eigenvalue weighted by Gasteiger charge is 2.16. The lowest BCUT2D eigenvalue weighted by Crippen LogP contribution is -3.00. The molecule has 0 unspecified atom stereocenters. The van der Waals surface area contributed by atoms with E-state index in [1.165, 1.54) is 95.7 Å². The fourth-order valence-electron chi connectivity index (χ4n) is 3.98. The van der Waals surface area contributed by atoms with Crippen LogP contribution in [0.3, 0.4) is 0 Å². The maximum atomic E-state index is 2.39. The first-order valence-electron chi connectivity index (χ1n) is 11.5. The SMILES string of the molecule is CCCCCCCCCCCCCC[N+](C)(C)Cc1ccccc1CC.[Cl-]. The summed E-state index contributed by atoms with van der Waals surface area (Å²) in [5.74, 6) is 0. The molecule has 1 aromatic rings. The van der Waals surface area contributed by atoms with E-state index in [2.05, 4.69) is 52.2 Å². The third-order valence-electron chi connectivity index (χ3n) is 5.71. The number of quaternary nitrogens is 1. The summed E-state index contributed by atoms with van der Waals surface area (Å²) in [5, 5.41) is 0. The Balaban J connectivity index is 0.00000676. The first kappa shape index (κ1) is 26.5.